The van der Waals surface area contributed by atoms with Crippen LogP contribution in [0.2, 0.25) is 0 Å². The molecule has 0 amide bonds. The molecule has 0 fully saturated rings. The molecular formula is C16H22N2O2. The van der Waals surface area contributed by atoms with Gasteiger partial charge in [0.15, 0.2) is 11.5 Å². The summed E-state index contributed by atoms with van der Waals surface area (Å²) in [5.41, 5.74) is 3.07. The zero-order valence-corrected chi connectivity index (χ0v) is 12.8. The van der Waals surface area contributed by atoms with E-state index < -0.39 is 0 Å². The van der Waals surface area contributed by atoms with Gasteiger partial charge in [-0.05, 0) is 24.5 Å². The molecule has 20 heavy (non-hydrogen) atoms. The first-order valence-electron chi connectivity index (χ1n) is 6.82. The molecule has 4 nitrogen and oxygen atoms in total. The Morgan fingerprint density at radius 1 is 1.10 bits per heavy atom. The van der Waals surface area contributed by atoms with Crippen molar-refractivity contribution in [2.75, 3.05) is 26.6 Å². The molecule has 108 valence electrons. The lowest BCUT2D eigenvalue weighted by Gasteiger charge is -2.14. The molecule has 0 aliphatic carbocycles. The van der Waals surface area contributed by atoms with Crippen LogP contribution in [-0.2, 0) is 6.42 Å². The fourth-order valence-electron chi connectivity index (χ4n) is 2.34. The van der Waals surface area contributed by atoms with Crippen LogP contribution in [-0.4, -0.2) is 26.3 Å². The molecule has 4 heteroatoms. The van der Waals surface area contributed by atoms with E-state index in [1.165, 1.54) is 0 Å². The molecule has 1 aromatic carbocycles. The summed E-state index contributed by atoms with van der Waals surface area (Å²) < 4.78 is 10.7. The van der Waals surface area contributed by atoms with E-state index in [9.17, 15) is 0 Å². The van der Waals surface area contributed by atoms with E-state index >= 15 is 0 Å². The predicted molar refractivity (Wildman–Crippen MR) is 82.9 cm³/mol. The van der Waals surface area contributed by atoms with Crippen molar-refractivity contribution >= 4 is 16.6 Å². The van der Waals surface area contributed by atoms with Gasteiger partial charge in [0.1, 0.15) is 0 Å². The summed E-state index contributed by atoms with van der Waals surface area (Å²) in [7, 11) is 5.20. The van der Waals surface area contributed by atoms with E-state index in [1.807, 2.05) is 19.2 Å². The van der Waals surface area contributed by atoms with E-state index in [2.05, 4.69) is 25.2 Å². The largest absolute Gasteiger partial charge is 0.493 e. The molecule has 0 aliphatic heterocycles. The Bertz CT molecular complexity index is 609. The fraction of sp³-hybridized carbons (Fsp3) is 0.438. The molecule has 2 rings (SSSR count). The average molecular weight is 274 g/mol. The minimum atomic E-state index is 0.574. The quantitative estimate of drug-likeness (QED) is 0.906. The Morgan fingerprint density at radius 2 is 1.75 bits per heavy atom. The van der Waals surface area contributed by atoms with Gasteiger partial charge in [-0.1, -0.05) is 13.8 Å². The van der Waals surface area contributed by atoms with Crippen LogP contribution in [0.3, 0.4) is 0 Å². The molecule has 1 aromatic heterocycles. The third-order valence-electron chi connectivity index (χ3n) is 3.25. The first-order valence-corrected chi connectivity index (χ1v) is 6.82. The zero-order valence-electron chi connectivity index (χ0n) is 12.8. The molecule has 1 N–H and O–H groups in total. The number of methoxy groups -OCH3 is 2. The van der Waals surface area contributed by atoms with Crippen molar-refractivity contribution in [3.05, 3.63) is 23.9 Å². The molecule has 0 unspecified atom stereocenters. The van der Waals surface area contributed by atoms with Gasteiger partial charge in [-0.2, -0.15) is 0 Å². The number of pyridine rings is 1. The van der Waals surface area contributed by atoms with Crippen molar-refractivity contribution in [1.29, 1.82) is 0 Å². The number of aromatic nitrogens is 1. The molecule has 0 aliphatic rings. The number of hydrogen-bond acceptors (Lipinski definition) is 4. The Labute approximate surface area is 120 Å². The van der Waals surface area contributed by atoms with E-state index in [4.69, 9.17) is 14.5 Å². The van der Waals surface area contributed by atoms with Crippen LogP contribution in [0.1, 0.15) is 19.5 Å². The predicted octanol–water partition coefficient (Wildman–Crippen LogP) is 3.49. The van der Waals surface area contributed by atoms with Crippen molar-refractivity contribution in [3.63, 3.8) is 0 Å². The number of nitrogens with one attached hydrogen (secondary N) is 1. The van der Waals surface area contributed by atoms with Gasteiger partial charge in [0.25, 0.3) is 0 Å². The maximum absolute atomic E-state index is 5.36. The van der Waals surface area contributed by atoms with Gasteiger partial charge in [0, 0.05) is 29.9 Å². The van der Waals surface area contributed by atoms with Crippen molar-refractivity contribution in [3.8, 4) is 11.5 Å². The van der Waals surface area contributed by atoms with Gasteiger partial charge < -0.3 is 14.8 Å². The topological polar surface area (TPSA) is 43.4 Å². The SMILES string of the molecule is CNc1cc(CC(C)C)nc2cc(OC)c(OC)cc12. The highest BCUT2D eigenvalue weighted by Gasteiger charge is 2.11. The monoisotopic (exact) mass is 274 g/mol. The number of ether oxygens (including phenoxy) is 2. The molecule has 0 atom stereocenters. The van der Waals surface area contributed by atoms with E-state index in [1.54, 1.807) is 14.2 Å². The maximum atomic E-state index is 5.36. The number of anilines is 1. The Morgan fingerprint density at radius 3 is 2.30 bits per heavy atom. The first-order chi connectivity index (χ1) is 9.58. The van der Waals surface area contributed by atoms with Crippen molar-refractivity contribution < 1.29 is 9.47 Å². The van der Waals surface area contributed by atoms with Gasteiger partial charge in [0.2, 0.25) is 0 Å². The van der Waals surface area contributed by atoms with Crippen LogP contribution in [0, 0.1) is 5.92 Å². The van der Waals surface area contributed by atoms with Crippen LogP contribution >= 0.6 is 0 Å². The van der Waals surface area contributed by atoms with Gasteiger partial charge in [-0.15, -0.1) is 0 Å². The number of hydrogen-bond donors (Lipinski definition) is 1. The van der Waals surface area contributed by atoms with Crippen LogP contribution < -0.4 is 14.8 Å². The highest BCUT2D eigenvalue weighted by molar-refractivity contribution is 5.93. The Hall–Kier alpha value is -1.97. The smallest absolute Gasteiger partial charge is 0.162 e. The standard InChI is InChI=1S/C16H22N2O2/c1-10(2)6-11-7-13(17-3)12-8-15(19-4)16(20-5)9-14(12)18-11/h7-10H,6H2,1-5H3,(H,17,18). The molecule has 0 bridgehead atoms. The van der Waals surface area contributed by atoms with Crippen molar-refractivity contribution in [1.82, 2.24) is 4.98 Å². The lowest BCUT2D eigenvalue weighted by molar-refractivity contribution is 0.356. The fourth-order valence-corrected chi connectivity index (χ4v) is 2.34. The van der Waals surface area contributed by atoms with E-state index in [-0.39, 0.29) is 0 Å². The second kappa shape index (κ2) is 5.99. The summed E-state index contributed by atoms with van der Waals surface area (Å²) in [5, 5.41) is 4.28. The van der Waals surface area contributed by atoms with Gasteiger partial charge in [-0.3, -0.25) is 4.98 Å². The normalized spacial score (nSPS) is 10.9. The summed E-state index contributed by atoms with van der Waals surface area (Å²) in [6.45, 7) is 4.39. The molecule has 1 heterocycles. The van der Waals surface area contributed by atoms with E-state index in [0.29, 0.717) is 11.7 Å². The summed E-state index contributed by atoms with van der Waals surface area (Å²) in [6, 6.07) is 6.00. The first kappa shape index (κ1) is 14.4. The minimum absolute atomic E-state index is 0.574. The second-order valence-corrected chi connectivity index (χ2v) is 5.23. The Kier molecular flexibility index (Phi) is 4.32. The summed E-state index contributed by atoms with van der Waals surface area (Å²) in [5.74, 6) is 2.00. The minimum Gasteiger partial charge on any atom is -0.493 e. The summed E-state index contributed by atoms with van der Waals surface area (Å²) in [4.78, 5) is 4.73. The summed E-state index contributed by atoms with van der Waals surface area (Å²) in [6.07, 6.45) is 0.957. The number of nitrogens with zero attached hydrogens (tertiary/aromatic N) is 1. The molecule has 2 aromatic rings. The zero-order chi connectivity index (χ0) is 14.7. The molecule has 0 saturated heterocycles. The van der Waals surface area contributed by atoms with Crippen molar-refractivity contribution in [2.45, 2.75) is 20.3 Å². The van der Waals surface area contributed by atoms with E-state index in [0.717, 1.165) is 34.5 Å². The molecular weight excluding hydrogens is 252 g/mol. The van der Waals surface area contributed by atoms with Crippen LogP contribution in [0.25, 0.3) is 10.9 Å². The number of benzene rings is 1. The molecule has 0 spiro atoms. The average Bonchev–Trinajstić information content (AvgIpc) is 2.44. The van der Waals surface area contributed by atoms with Gasteiger partial charge in [-0.25, -0.2) is 0 Å². The van der Waals surface area contributed by atoms with Crippen LogP contribution in [0.5, 0.6) is 11.5 Å². The second-order valence-electron chi connectivity index (χ2n) is 5.23. The third-order valence-corrected chi connectivity index (χ3v) is 3.25. The highest BCUT2D eigenvalue weighted by atomic mass is 16.5. The van der Waals surface area contributed by atoms with Crippen LogP contribution in [0.15, 0.2) is 18.2 Å². The number of rotatable bonds is 5. The molecule has 0 saturated carbocycles. The highest BCUT2D eigenvalue weighted by Crippen LogP contribution is 2.35. The van der Waals surface area contributed by atoms with Gasteiger partial charge >= 0.3 is 0 Å². The van der Waals surface area contributed by atoms with Gasteiger partial charge in [0.05, 0.1) is 19.7 Å². The van der Waals surface area contributed by atoms with Crippen LogP contribution in [0.4, 0.5) is 5.69 Å². The summed E-state index contributed by atoms with van der Waals surface area (Å²) >= 11 is 0. The van der Waals surface area contributed by atoms with Crippen molar-refractivity contribution in [2.24, 2.45) is 5.92 Å². The Balaban J connectivity index is 2.64. The lowest BCUT2D eigenvalue weighted by Crippen LogP contribution is -2.01. The number of fused-ring (bicyclic) bond motifs is 1. The lowest BCUT2D eigenvalue weighted by atomic mass is 10.0. The molecule has 0 radical (unpaired) electrons. The third kappa shape index (κ3) is 2.79. The maximum Gasteiger partial charge on any atom is 0.162 e.